The van der Waals surface area contributed by atoms with Crippen molar-refractivity contribution in [3.05, 3.63) is 40.9 Å². The van der Waals surface area contributed by atoms with Crippen molar-refractivity contribution in [2.45, 2.75) is 6.92 Å². The third kappa shape index (κ3) is 1.97. The van der Waals surface area contributed by atoms with Crippen LogP contribution in [0.2, 0.25) is 0 Å². The van der Waals surface area contributed by atoms with Gasteiger partial charge in [0.05, 0.1) is 13.3 Å². The summed E-state index contributed by atoms with van der Waals surface area (Å²) < 4.78 is 4.65. The van der Waals surface area contributed by atoms with Crippen molar-refractivity contribution in [3.63, 3.8) is 0 Å². The lowest BCUT2D eigenvalue weighted by Gasteiger charge is -1.99. The summed E-state index contributed by atoms with van der Waals surface area (Å²) in [6.45, 7) is 2.02. The fraction of sp³-hybridized carbons (Fsp3) is 0.167. The Morgan fingerprint density at radius 2 is 2.12 bits per heavy atom. The van der Waals surface area contributed by atoms with E-state index in [2.05, 4.69) is 9.72 Å². The predicted molar refractivity (Wildman–Crippen MR) is 63.6 cm³/mol. The second-order valence-electron chi connectivity index (χ2n) is 3.34. The van der Waals surface area contributed by atoms with E-state index in [0.717, 1.165) is 16.1 Å². The first-order chi connectivity index (χ1) is 7.72. The second kappa shape index (κ2) is 4.45. The lowest BCUT2D eigenvalue weighted by molar-refractivity contribution is 0.0606. The molecule has 2 aromatic rings. The number of carbonyl (C=O) groups excluding carboxylic acids is 1. The van der Waals surface area contributed by atoms with Crippen molar-refractivity contribution in [1.82, 2.24) is 4.98 Å². The molecule has 1 aromatic carbocycles. The first-order valence-electron chi connectivity index (χ1n) is 4.82. The molecule has 0 spiro atoms. The van der Waals surface area contributed by atoms with Gasteiger partial charge < -0.3 is 4.74 Å². The number of carbonyl (C=O) groups is 1. The fourth-order valence-electron chi connectivity index (χ4n) is 1.41. The minimum absolute atomic E-state index is 0.336. The van der Waals surface area contributed by atoms with Crippen LogP contribution in [0.25, 0.3) is 10.6 Å². The van der Waals surface area contributed by atoms with Crippen molar-refractivity contribution in [1.29, 1.82) is 0 Å². The Hall–Kier alpha value is -1.68. The van der Waals surface area contributed by atoms with Gasteiger partial charge in [0.1, 0.15) is 9.88 Å². The molecule has 0 amide bonds. The Labute approximate surface area is 97.7 Å². The fourth-order valence-corrected chi connectivity index (χ4v) is 2.33. The summed E-state index contributed by atoms with van der Waals surface area (Å²) >= 11 is 1.35. The van der Waals surface area contributed by atoms with E-state index in [-0.39, 0.29) is 5.97 Å². The summed E-state index contributed by atoms with van der Waals surface area (Å²) in [4.78, 5) is 16.1. The van der Waals surface area contributed by atoms with Crippen LogP contribution in [0, 0.1) is 6.92 Å². The molecule has 2 rings (SSSR count). The molecular weight excluding hydrogens is 222 g/mol. The van der Waals surface area contributed by atoms with Gasteiger partial charge in [0.25, 0.3) is 0 Å². The molecule has 0 radical (unpaired) electrons. The Morgan fingerprint density at radius 1 is 1.38 bits per heavy atom. The highest BCUT2D eigenvalue weighted by molar-refractivity contribution is 7.16. The number of hydrogen-bond acceptors (Lipinski definition) is 4. The molecule has 0 unspecified atom stereocenters. The molecule has 82 valence electrons. The van der Waals surface area contributed by atoms with E-state index in [4.69, 9.17) is 0 Å². The van der Waals surface area contributed by atoms with Gasteiger partial charge in [-0.1, -0.05) is 24.3 Å². The van der Waals surface area contributed by atoms with E-state index in [0.29, 0.717) is 4.88 Å². The molecule has 3 nitrogen and oxygen atoms in total. The van der Waals surface area contributed by atoms with Gasteiger partial charge >= 0.3 is 5.97 Å². The van der Waals surface area contributed by atoms with Crippen molar-refractivity contribution in [2.75, 3.05) is 7.11 Å². The Morgan fingerprint density at radius 3 is 2.81 bits per heavy atom. The van der Waals surface area contributed by atoms with Gasteiger partial charge in [-0.2, -0.15) is 0 Å². The van der Waals surface area contributed by atoms with Crippen LogP contribution in [0.5, 0.6) is 0 Å². The van der Waals surface area contributed by atoms with Gasteiger partial charge in [0, 0.05) is 5.56 Å². The summed E-state index contributed by atoms with van der Waals surface area (Å²) in [6.07, 6.45) is 1.55. The van der Waals surface area contributed by atoms with E-state index >= 15 is 0 Å². The van der Waals surface area contributed by atoms with Gasteiger partial charge in [-0.05, 0) is 12.5 Å². The maximum absolute atomic E-state index is 11.3. The number of thiazole rings is 1. The highest BCUT2D eigenvalue weighted by Crippen LogP contribution is 2.27. The molecule has 0 atom stereocenters. The molecule has 0 bridgehead atoms. The highest BCUT2D eigenvalue weighted by atomic mass is 32.1. The van der Waals surface area contributed by atoms with Gasteiger partial charge in [0.2, 0.25) is 0 Å². The van der Waals surface area contributed by atoms with Crippen molar-refractivity contribution in [2.24, 2.45) is 0 Å². The minimum Gasteiger partial charge on any atom is -0.465 e. The number of aromatic nitrogens is 1. The summed E-state index contributed by atoms with van der Waals surface area (Å²) in [5.74, 6) is -0.336. The second-order valence-corrected chi connectivity index (χ2v) is 4.37. The van der Waals surface area contributed by atoms with E-state index in [1.165, 1.54) is 18.4 Å². The lowest BCUT2D eigenvalue weighted by atomic mass is 10.1. The third-order valence-corrected chi connectivity index (χ3v) is 3.28. The molecular formula is C12H11NO2S. The van der Waals surface area contributed by atoms with E-state index in [9.17, 15) is 4.79 Å². The standard InChI is InChI=1S/C12H11NO2S/c1-8-5-3-4-6-9(8)11-13-7-10(16-11)12(14)15-2/h3-7H,1-2H3. The van der Waals surface area contributed by atoms with Crippen LogP contribution < -0.4 is 0 Å². The number of methoxy groups -OCH3 is 1. The normalized spacial score (nSPS) is 10.1. The van der Waals surface area contributed by atoms with E-state index in [1.54, 1.807) is 6.20 Å². The van der Waals surface area contributed by atoms with Crippen molar-refractivity contribution >= 4 is 17.3 Å². The van der Waals surface area contributed by atoms with Gasteiger partial charge in [0.15, 0.2) is 0 Å². The molecule has 1 aromatic heterocycles. The Balaban J connectivity index is 2.39. The molecule has 0 aliphatic heterocycles. The maximum Gasteiger partial charge on any atom is 0.349 e. The molecule has 4 heteroatoms. The number of nitrogens with zero attached hydrogens (tertiary/aromatic N) is 1. The molecule has 16 heavy (non-hydrogen) atoms. The monoisotopic (exact) mass is 233 g/mol. The van der Waals surface area contributed by atoms with Gasteiger partial charge in [-0.3, -0.25) is 0 Å². The average Bonchev–Trinajstić information content (AvgIpc) is 2.78. The number of rotatable bonds is 2. The molecule has 0 saturated carbocycles. The summed E-state index contributed by atoms with van der Waals surface area (Å²) in [5.41, 5.74) is 2.20. The molecule has 0 aliphatic carbocycles. The number of hydrogen-bond donors (Lipinski definition) is 0. The van der Waals surface area contributed by atoms with E-state index < -0.39 is 0 Å². The molecule has 1 heterocycles. The highest BCUT2D eigenvalue weighted by Gasteiger charge is 2.12. The zero-order chi connectivity index (χ0) is 11.5. The Bertz CT molecular complexity index is 519. The molecule has 0 aliphatic rings. The SMILES string of the molecule is COC(=O)c1cnc(-c2ccccc2C)s1. The van der Waals surface area contributed by atoms with Crippen LogP contribution in [-0.4, -0.2) is 18.1 Å². The summed E-state index contributed by atoms with van der Waals surface area (Å²) in [5, 5.41) is 0.846. The van der Waals surface area contributed by atoms with Crippen LogP contribution in [0.15, 0.2) is 30.5 Å². The maximum atomic E-state index is 11.3. The molecule has 0 saturated heterocycles. The zero-order valence-corrected chi connectivity index (χ0v) is 9.88. The van der Waals surface area contributed by atoms with Crippen molar-refractivity contribution in [3.8, 4) is 10.6 Å². The largest absolute Gasteiger partial charge is 0.465 e. The summed E-state index contributed by atoms with van der Waals surface area (Å²) in [6, 6.07) is 7.96. The van der Waals surface area contributed by atoms with Crippen LogP contribution in [0.4, 0.5) is 0 Å². The number of benzene rings is 1. The zero-order valence-electron chi connectivity index (χ0n) is 9.06. The number of aryl methyl sites for hydroxylation is 1. The van der Waals surface area contributed by atoms with Crippen LogP contribution in [0.1, 0.15) is 15.2 Å². The quantitative estimate of drug-likeness (QED) is 0.749. The molecule has 0 fully saturated rings. The van der Waals surface area contributed by atoms with Gasteiger partial charge in [-0.25, -0.2) is 9.78 Å². The van der Waals surface area contributed by atoms with Crippen LogP contribution in [-0.2, 0) is 4.74 Å². The van der Waals surface area contributed by atoms with E-state index in [1.807, 2.05) is 31.2 Å². The topological polar surface area (TPSA) is 39.2 Å². The third-order valence-electron chi connectivity index (χ3n) is 2.27. The Kier molecular flexibility index (Phi) is 3.01. The van der Waals surface area contributed by atoms with Crippen LogP contribution in [0.3, 0.4) is 0 Å². The first kappa shape index (κ1) is 10.8. The summed E-state index contributed by atoms with van der Waals surface area (Å²) in [7, 11) is 1.37. The first-order valence-corrected chi connectivity index (χ1v) is 5.64. The predicted octanol–water partition coefficient (Wildman–Crippen LogP) is 2.91. The van der Waals surface area contributed by atoms with Crippen LogP contribution >= 0.6 is 11.3 Å². The smallest absolute Gasteiger partial charge is 0.349 e. The minimum atomic E-state index is -0.336. The number of esters is 1. The van der Waals surface area contributed by atoms with Crippen molar-refractivity contribution < 1.29 is 9.53 Å². The van der Waals surface area contributed by atoms with Gasteiger partial charge in [-0.15, -0.1) is 11.3 Å². The number of ether oxygens (including phenoxy) is 1. The molecule has 0 N–H and O–H groups in total. The average molecular weight is 233 g/mol. The lowest BCUT2D eigenvalue weighted by Crippen LogP contribution is -1.96.